The van der Waals surface area contributed by atoms with Gasteiger partial charge in [-0.25, -0.2) is 4.39 Å². The lowest BCUT2D eigenvalue weighted by atomic mass is 9.77. The summed E-state index contributed by atoms with van der Waals surface area (Å²) >= 11 is 9.52. The second-order valence-corrected chi connectivity index (χ2v) is 6.25. The summed E-state index contributed by atoms with van der Waals surface area (Å²) in [5, 5.41) is 20.2. The smallest absolute Gasteiger partial charge is 0.124 e. The molecule has 2 N–H and O–H groups in total. The van der Waals surface area contributed by atoms with Crippen LogP contribution in [0, 0.1) is 5.82 Å². The van der Waals surface area contributed by atoms with Gasteiger partial charge in [0.25, 0.3) is 0 Å². The van der Waals surface area contributed by atoms with Crippen molar-refractivity contribution < 1.29 is 14.6 Å². The first kappa shape index (κ1) is 16.4. The quantitative estimate of drug-likeness (QED) is 0.839. The maximum absolute atomic E-state index is 13.2. The number of hydrogen-bond acceptors (Lipinski definition) is 2. The summed E-state index contributed by atoms with van der Waals surface area (Å²) in [5.41, 5.74) is 0.547. The van der Waals surface area contributed by atoms with Crippen molar-refractivity contribution >= 4 is 27.5 Å². The summed E-state index contributed by atoms with van der Waals surface area (Å²) in [4.78, 5) is 0. The molecule has 0 saturated heterocycles. The second kappa shape index (κ2) is 6.88. The highest BCUT2D eigenvalue weighted by molar-refractivity contribution is 9.10. The molecule has 0 heterocycles. The Labute approximate surface area is 136 Å². The average Bonchev–Trinajstić information content (AvgIpc) is 2.48. The fraction of sp³-hybridized carbons (Fsp3) is 0.250. The molecule has 0 saturated carbocycles. The van der Waals surface area contributed by atoms with Crippen LogP contribution in [0.3, 0.4) is 0 Å². The molecule has 0 aliphatic carbocycles. The van der Waals surface area contributed by atoms with Crippen molar-refractivity contribution in [1.82, 2.24) is 0 Å². The highest BCUT2D eigenvalue weighted by atomic mass is 79.9. The zero-order chi connectivity index (χ0) is 15.5. The van der Waals surface area contributed by atoms with Gasteiger partial charge in [0.15, 0.2) is 0 Å². The van der Waals surface area contributed by atoms with Crippen LogP contribution in [0.2, 0.25) is 5.02 Å². The molecule has 0 unspecified atom stereocenters. The Hall–Kier alpha value is -0.940. The van der Waals surface area contributed by atoms with Crippen molar-refractivity contribution in [3.8, 4) is 0 Å². The Morgan fingerprint density at radius 3 is 2.33 bits per heavy atom. The number of aliphatic hydroxyl groups excluding tert-OH is 2. The molecule has 0 fully saturated rings. The topological polar surface area (TPSA) is 40.5 Å². The van der Waals surface area contributed by atoms with Gasteiger partial charge in [-0.15, -0.1) is 0 Å². The Balaban J connectivity index is 2.46. The normalized spacial score (nSPS) is 11.7. The molecule has 0 bridgehead atoms. The van der Waals surface area contributed by atoms with E-state index in [1.807, 2.05) is 0 Å². The zero-order valence-corrected chi connectivity index (χ0v) is 13.5. The van der Waals surface area contributed by atoms with Crippen molar-refractivity contribution in [1.29, 1.82) is 0 Å². The Bertz CT molecular complexity index is 629. The van der Waals surface area contributed by atoms with E-state index < -0.39 is 5.41 Å². The van der Waals surface area contributed by atoms with E-state index in [-0.39, 0.29) is 19.0 Å². The molecule has 2 aromatic rings. The largest absolute Gasteiger partial charge is 0.395 e. The molecule has 5 heteroatoms. The summed E-state index contributed by atoms with van der Waals surface area (Å²) in [6.45, 7) is -0.534. The van der Waals surface area contributed by atoms with Crippen molar-refractivity contribution in [2.45, 2.75) is 11.8 Å². The van der Waals surface area contributed by atoms with Crippen molar-refractivity contribution in [2.24, 2.45) is 0 Å². The predicted molar refractivity (Wildman–Crippen MR) is 85.1 cm³/mol. The minimum Gasteiger partial charge on any atom is -0.395 e. The van der Waals surface area contributed by atoms with E-state index in [4.69, 9.17) is 11.6 Å². The van der Waals surface area contributed by atoms with Gasteiger partial charge in [-0.05, 0) is 35.7 Å². The lowest BCUT2D eigenvalue weighted by Crippen LogP contribution is -2.37. The molecule has 0 atom stereocenters. The number of hydrogen-bond donors (Lipinski definition) is 2. The van der Waals surface area contributed by atoms with Gasteiger partial charge in [-0.1, -0.05) is 51.8 Å². The van der Waals surface area contributed by atoms with E-state index in [9.17, 15) is 14.6 Å². The third-order valence-corrected chi connectivity index (χ3v) is 4.66. The molecule has 0 aromatic heterocycles. The van der Waals surface area contributed by atoms with Crippen LogP contribution in [0.25, 0.3) is 0 Å². The molecule has 0 aliphatic rings. The molecule has 2 rings (SSSR count). The second-order valence-electron chi connectivity index (χ2n) is 4.99. The maximum atomic E-state index is 13.2. The third-order valence-electron chi connectivity index (χ3n) is 3.59. The fourth-order valence-electron chi connectivity index (χ4n) is 2.35. The summed E-state index contributed by atoms with van der Waals surface area (Å²) in [6, 6.07) is 11.5. The minimum absolute atomic E-state index is 0.267. The zero-order valence-electron chi connectivity index (χ0n) is 11.2. The third kappa shape index (κ3) is 3.46. The first-order valence-corrected chi connectivity index (χ1v) is 7.60. The summed E-state index contributed by atoms with van der Waals surface area (Å²) in [5.74, 6) is -0.345. The Morgan fingerprint density at radius 2 is 1.76 bits per heavy atom. The van der Waals surface area contributed by atoms with E-state index in [1.165, 1.54) is 12.1 Å². The number of rotatable bonds is 5. The highest BCUT2D eigenvalue weighted by Crippen LogP contribution is 2.35. The van der Waals surface area contributed by atoms with E-state index >= 15 is 0 Å². The average molecular weight is 374 g/mol. The van der Waals surface area contributed by atoms with Gasteiger partial charge >= 0.3 is 0 Å². The van der Waals surface area contributed by atoms with Gasteiger partial charge in [0, 0.05) is 14.9 Å². The van der Waals surface area contributed by atoms with Gasteiger partial charge in [0.2, 0.25) is 0 Å². The van der Waals surface area contributed by atoms with Crippen LogP contribution in [0.5, 0.6) is 0 Å². The monoisotopic (exact) mass is 372 g/mol. The molecule has 0 aliphatic heterocycles. The summed E-state index contributed by atoms with van der Waals surface area (Å²) < 4.78 is 13.8. The lowest BCUT2D eigenvalue weighted by Gasteiger charge is -2.31. The molecule has 0 amide bonds. The Morgan fingerprint density at radius 1 is 1.10 bits per heavy atom. The van der Waals surface area contributed by atoms with Crippen LogP contribution < -0.4 is 0 Å². The summed E-state index contributed by atoms with van der Waals surface area (Å²) in [6.07, 6.45) is 0.338. The van der Waals surface area contributed by atoms with Gasteiger partial charge in [0.05, 0.1) is 13.2 Å². The first-order chi connectivity index (χ1) is 10.0. The van der Waals surface area contributed by atoms with Crippen LogP contribution in [-0.4, -0.2) is 23.4 Å². The van der Waals surface area contributed by atoms with E-state index in [0.29, 0.717) is 21.5 Å². The van der Waals surface area contributed by atoms with Crippen molar-refractivity contribution in [3.63, 3.8) is 0 Å². The molecule has 21 heavy (non-hydrogen) atoms. The predicted octanol–water partition coefficient (Wildman–Crippen LogP) is 3.71. The number of aliphatic hydroxyl groups is 2. The summed E-state index contributed by atoms with van der Waals surface area (Å²) in [7, 11) is 0. The van der Waals surface area contributed by atoms with Crippen LogP contribution in [0.1, 0.15) is 11.1 Å². The van der Waals surface area contributed by atoms with E-state index in [0.717, 1.165) is 5.56 Å². The molecular formula is C16H15BrClFO2. The molecule has 0 spiro atoms. The van der Waals surface area contributed by atoms with Crippen molar-refractivity contribution in [2.75, 3.05) is 13.2 Å². The van der Waals surface area contributed by atoms with Crippen LogP contribution >= 0.6 is 27.5 Å². The number of halogens is 3. The SMILES string of the molecule is OCC(CO)(Cc1ccc(F)cc1Br)c1ccccc1Cl. The van der Waals surface area contributed by atoms with Gasteiger partial charge in [-0.3, -0.25) is 0 Å². The molecule has 2 aromatic carbocycles. The molecule has 112 valence electrons. The minimum atomic E-state index is -0.918. The van der Waals surface area contributed by atoms with Gasteiger partial charge < -0.3 is 10.2 Å². The fourth-order valence-corrected chi connectivity index (χ4v) is 3.18. The maximum Gasteiger partial charge on any atom is 0.124 e. The first-order valence-electron chi connectivity index (χ1n) is 6.43. The van der Waals surface area contributed by atoms with Crippen LogP contribution in [0.4, 0.5) is 4.39 Å². The number of benzene rings is 2. The molecule has 2 nitrogen and oxygen atoms in total. The molecule has 0 radical (unpaired) electrons. The van der Waals surface area contributed by atoms with E-state index in [1.54, 1.807) is 30.3 Å². The standard InChI is InChI=1S/C16H15BrClFO2/c17-14-7-12(19)6-5-11(14)8-16(9-20,10-21)13-3-1-2-4-15(13)18/h1-7,20-21H,8-10H2. The van der Waals surface area contributed by atoms with Gasteiger partial charge in [0.1, 0.15) is 5.82 Å². The van der Waals surface area contributed by atoms with Crippen LogP contribution in [-0.2, 0) is 11.8 Å². The van der Waals surface area contributed by atoms with E-state index in [2.05, 4.69) is 15.9 Å². The van der Waals surface area contributed by atoms with Gasteiger partial charge in [-0.2, -0.15) is 0 Å². The highest BCUT2D eigenvalue weighted by Gasteiger charge is 2.33. The van der Waals surface area contributed by atoms with Crippen LogP contribution in [0.15, 0.2) is 46.9 Å². The Kier molecular flexibility index (Phi) is 5.38. The molecular weight excluding hydrogens is 359 g/mol. The lowest BCUT2D eigenvalue weighted by molar-refractivity contribution is 0.116. The van der Waals surface area contributed by atoms with Crippen molar-refractivity contribution in [3.05, 3.63) is 68.9 Å².